The molecule has 0 fully saturated rings. The fourth-order valence-electron chi connectivity index (χ4n) is 15.0. The van der Waals surface area contributed by atoms with Gasteiger partial charge in [-0.1, -0.05) is 167 Å². The molecule has 4 nitrogen and oxygen atoms in total. The molecular weight excluding hydrogens is 853 g/mol. The first-order chi connectivity index (χ1) is 34.1. The number of hydrogen-bond donors (Lipinski definition) is 0. The number of benzene rings is 6. The molecule has 0 N–H and O–H groups in total. The number of para-hydroxylation sites is 4. The van der Waals surface area contributed by atoms with Crippen LogP contribution in [0.5, 0.6) is 0 Å². The van der Waals surface area contributed by atoms with Crippen molar-refractivity contribution in [3.8, 4) is 0 Å². The Hall–Kier alpha value is -7.30. The van der Waals surface area contributed by atoms with Gasteiger partial charge in [-0.15, -0.1) is 0 Å². The maximum absolute atomic E-state index is 6.84. The number of hydrogen-bond acceptors (Lipinski definition) is 4. The molecule has 4 heteroatoms. The Morgan fingerprint density at radius 1 is 0.557 bits per heavy atom. The second-order valence-corrected chi connectivity index (χ2v) is 22.0. The van der Waals surface area contributed by atoms with Crippen LogP contribution in [0.3, 0.4) is 0 Å². The van der Waals surface area contributed by atoms with E-state index in [1.54, 1.807) is 11.1 Å². The Kier molecular flexibility index (Phi) is 8.99. The summed E-state index contributed by atoms with van der Waals surface area (Å²) in [6.07, 6.45) is 23.0. The molecule has 2 aromatic heterocycles. The van der Waals surface area contributed by atoms with Gasteiger partial charge in [-0.25, -0.2) is 0 Å². The minimum Gasteiger partial charge on any atom is -0.454 e. The summed E-state index contributed by atoms with van der Waals surface area (Å²) in [5.74, 6) is 1.62. The second kappa shape index (κ2) is 15.1. The van der Waals surface area contributed by atoms with Crippen molar-refractivity contribution < 1.29 is 8.83 Å². The summed E-state index contributed by atoms with van der Waals surface area (Å²) in [5.41, 5.74) is 18.7. The molecule has 0 spiro atoms. The van der Waals surface area contributed by atoms with Gasteiger partial charge in [-0.05, 0) is 138 Å². The molecule has 6 aliphatic rings. The zero-order valence-corrected chi connectivity index (χ0v) is 40.9. The SMILES string of the molecule is CC1(C)C2=C(CCC(N(c3cccc4ccccc34)c3cccc4c3oc3ccccc34)=C2)C2C(C)(C)C3=C(C=C(N(c4ccccc4)c4cccc5c6c(oc45)C=CCC6)CC3)C3=CC=CC1C32C. The predicted octanol–water partition coefficient (Wildman–Crippen LogP) is 18.2. The highest BCUT2D eigenvalue weighted by Crippen LogP contribution is 2.72. The monoisotopic (exact) mass is 910 g/mol. The van der Waals surface area contributed by atoms with Crippen LogP contribution in [-0.2, 0) is 6.42 Å². The highest BCUT2D eigenvalue weighted by atomic mass is 16.3. The van der Waals surface area contributed by atoms with E-state index in [-0.39, 0.29) is 22.2 Å². The Bertz CT molecular complexity index is 3760. The molecule has 0 radical (unpaired) electrons. The van der Waals surface area contributed by atoms with Crippen molar-refractivity contribution in [2.45, 2.75) is 73.1 Å². The Morgan fingerprint density at radius 2 is 1.23 bits per heavy atom. The standard InChI is InChI=1S/C66H58N2O2/c1-64(2)54-40-44(68(55-29-15-20-41-19-9-10-23-45(41)55)57-31-17-27-49-47-25-12-14-33-59(47)70-62(49)57)35-37-50(54)63-65(3,4)52-38-36-43(39-51(52)53-28-18-34-60(64)66(53,63)5)67(42-21-7-6-8-22-42)56-30-16-26-48-46-24-11-13-32-58(46)69-61(48)56/h6-10,12-23,25-34,39-40,60,63H,11,24,35-38H2,1-5H3. The molecule has 0 saturated carbocycles. The van der Waals surface area contributed by atoms with Crippen molar-refractivity contribution in [3.63, 3.8) is 0 Å². The van der Waals surface area contributed by atoms with Crippen molar-refractivity contribution in [3.05, 3.63) is 220 Å². The summed E-state index contributed by atoms with van der Waals surface area (Å²) in [6, 6.07) is 48.5. The molecule has 70 heavy (non-hydrogen) atoms. The second-order valence-electron chi connectivity index (χ2n) is 22.0. The van der Waals surface area contributed by atoms with E-state index in [4.69, 9.17) is 8.83 Å². The van der Waals surface area contributed by atoms with Crippen molar-refractivity contribution >= 4 is 72.5 Å². The number of anilines is 4. The first kappa shape index (κ1) is 41.7. The third kappa shape index (κ3) is 5.77. The summed E-state index contributed by atoms with van der Waals surface area (Å²) in [5, 5.41) is 6.00. The molecule has 8 aromatic rings. The smallest absolute Gasteiger partial charge is 0.159 e. The van der Waals surface area contributed by atoms with Gasteiger partial charge in [0.1, 0.15) is 11.3 Å². The third-order valence-electron chi connectivity index (χ3n) is 17.7. The van der Waals surface area contributed by atoms with Crippen LogP contribution in [0.15, 0.2) is 218 Å². The Balaban J connectivity index is 0.942. The summed E-state index contributed by atoms with van der Waals surface area (Å²) >= 11 is 0. The predicted molar refractivity (Wildman–Crippen MR) is 291 cm³/mol. The van der Waals surface area contributed by atoms with Gasteiger partial charge >= 0.3 is 0 Å². The molecule has 6 aliphatic carbocycles. The van der Waals surface area contributed by atoms with Crippen LogP contribution in [0.25, 0.3) is 49.8 Å². The summed E-state index contributed by atoms with van der Waals surface area (Å²) in [7, 11) is 0. The van der Waals surface area contributed by atoms with Gasteiger partial charge in [0.2, 0.25) is 0 Å². The molecule has 3 unspecified atom stereocenters. The van der Waals surface area contributed by atoms with E-state index in [0.717, 1.165) is 88.9 Å². The normalized spacial score (nSPS) is 22.9. The van der Waals surface area contributed by atoms with Crippen molar-refractivity contribution in [1.29, 1.82) is 0 Å². The highest BCUT2D eigenvalue weighted by Gasteiger charge is 2.63. The van der Waals surface area contributed by atoms with Gasteiger partial charge in [-0.2, -0.15) is 0 Å². The molecule has 14 rings (SSSR count). The average molecular weight is 911 g/mol. The zero-order chi connectivity index (χ0) is 47.1. The van der Waals surface area contributed by atoms with Gasteiger partial charge < -0.3 is 18.6 Å². The molecule has 3 atom stereocenters. The quantitative estimate of drug-likeness (QED) is 0.166. The highest BCUT2D eigenvalue weighted by molar-refractivity contribution is 6.11. The third-order valence-corrected chi connectivity index (χ3v) is 17.7. The van der Waals surface area contributed by atoms with Gasteiger partial charge in [-0.3, -0.25) is 0 Å². The van der Waals surface area contributed by atoms with E-state index in [9.17, 15) is 0 Å². The number of aryl methyl sites for hydroxylation is 1. The van der Waals surface area contributed by atoms with Crippen LogP contribution in [0, 0.1) is 28.1 Å². The van der Waals surface area contributed by atoms with Gasteiger partial charge in [0.25, 0.3) is 0 Å². The first-order valence-electron chi connectivity index (χ1n) is 25.6. The fraction of sp³-hybridized carbons (Fsp3) is 0.242. The summed E-state index contributed by atoms with van der Waals surface area (Å²) in [4.78, 5) is 5.06. The molecule has 0 aliphatic heterocycles. The largest absolute Gasteiger partial charge is 0.454 e. The van der Waals surface area contributed by atoms with Crippen molar-refractivity contribution in [2.24, 2.45) is 28.1 Å². The maximum atomic E-state index is 6.84. The lowest BCUT2D eigenvalue weighted by Crippen LogP contribution is -2.57. The lowest BCUT2D eigenvalue weighted by Gasteiger charge is -2.65. The molecule has 6 aromatic carbocycles. The van der Waals surface area contributed by atoms with E-state index >= 15 is 0 Å². The van der Waals surface area contributed by atoms with E-state index in [2.05, 4.69) is 220 Å². The van der Waals surface area contributed by atoms with Gasteiger partial charge in [0.15, 0.2) is 11.2 Å². The fourth-order valence-corrected chi connectivity index (χ4v) is 15.0. The number of nitrogens with zero attached hydrogens (tertiary/aromatic N) is 2. The summed E-state index contributed by atoms with van der Waals surface area (Å²) < 4.78 is 13.6. The van der Waals surface area contributed by atoms with Crippen molar-refractivity contribution in [2.75, 3.05) is 9.80 Å². The number of rotatable bonds is 6. The molecule has 0 amide bonds. The maximum Gasteiger partial charge on any atom is 0.159 e. The van der Waals surface area contributed by atoms with Crippen LogP contribution in [0.2, 0.25) is 0 Å². The molecular formula is C66H58N2O2. The first-order valence-corrected chi connectivity index (χ1v) is 25.6. The Morgan fingerprint density at radius 3 is 2.09 bits per heavy atom. The average Bonchev–Trinajstić information content (AvgIpc) is 3.96. The number of fused-ring (bicyclic) bond motifs is 9. The van der Waals surface area contributed by atoms with Gasteiger partial charge in [0, 0.05) is 49.6 Å². The van der Waals surface area contributed by atoms with Crippen LogP contribution in [0.1, 0.15) is 78.0 Å². The minimum absolute atomic E-state index is 0.0888. The van der Waals surface area contributed by atoms with E-state index in [1.807, 2.05) is 0 Å². The molecule has 0 saturated heterocycles. The number of furan rings is 2. The minimum atomic E-state index is -0.161. The lowest BCUT2D eigenvalue weighted by atomic mass is 9.38. The van der Waals surface area contributed by atoms with Crippen LogP contribution in [0.4, 0.5) is 22.7 Å². The van der Waals surface area contributed by atoms with Crippen LogP contribution < -0.4 is 9.80 Å². The molecule has 0 bridgehead atoms. The van der Waals surface area contributed by atoms with Crippen LogP contribution >= 0.6 is 0 Å². The number of allylic oxidation sites excluding steroid dienone is 13. The topological polar surface area (TPSA) is 32.8 Å². The Labute approximate surface area is 411 Å². The van der Waals surface area contributed by atoms with E-state index < -0.39 is 0 Å². The summed E-state index contributed by atoms with van der Waals surface area (Å²) in [6.45, 7) is 12.9. The molecule has 344 valence electrons. The lowest BCUT2D eigenvalue weighted by molar-refractivity contribution is 0.0233. The van der Waals surface area contributed by atoms with E-state index in [1.165, 1.54) is 55.5 Å². The zero-order valence-electron chi connectivity index (χ0n) is 40.9. The van der Waals surface area contributed by atoms with Crippen LogP contribution in [-0.4, -0.2) is 0 Å². The molecule has 2 heterocycles. The van der Waals surface area contributed by atoms with Crippen molar-refractivity contribution in [1.82, 2.24) is 0 Å². The van der Waals surface area contributed by atoms with Gasteiger partial charge in [0.05, 0.1) is 17.1 Å². The van der Waals surface area contributed by atoms with E-state index in [0.29, 0.717) is 5.92 Å².